The van der Waals surface area contributed by atoms with Crippen molar-refractivity contribution in [3.05, 3.63) is 54.6 Å². The van der Waals surface area contributed by atoms with Crippen molar-refractivity contribution in [1.29, 1.82) is 0 Å². The van der Waals surface area contributed by atoms with Crippen LogP contribution < -0.4 is 5.32 Å². The summed E-state index contributed by atoms with van der Waals surface area (Å²) in [5.74, 6) is -0.373. The molecule has 0 aliphatic rings. The van der Waals surface area contributed by atoms with Crippen LogP contribution in [-0.4, -0.2) is 31.0 Å². The summed E-state index contributed by atoms with van der Waals surface area (Å²) in [7, 11) is -8.90. The quantitative estimate of drug-likeness (QED) is 0.494. The van der Waals surface area contributed by atoms with Gasteiger partial charge in [-0.3, -0.25) is 9.11 Å². The van der Waals surface area contributed by atoms with Crippen LogP contribution in [0, 0.1) is 0 Å². The zero-order chi connectivity index (χ0) is 19.1. The molecule has 3 aromatic rings. The van der Waals surface area contributed by atoms with E-state index < -0.39 is 25.1 Å². The minimum absolute atomic E-state index is 0.128. The maximum Gasteiger partial charge on any atom is 0.296 e. The molecule has 0 fully saturated rings. The molecule has 0 spiro atoms. The van der Waals surface area contributed by atoms with Crippen molar-refractivity contribution >= 4 is 42.4 Å². The van der Waals surface area contributed by atoms with E-state index in [1.807, 2.05) is 0 Å². The minimum atomic E-state index is -4.47. The van der Waals surface area contributed by atoms with Gasteiger partial charge in [0.05, 0.1) is 10.6 Å². The van der Waals surface area contributed by atoms with E-state index in [9.17, 15) is 26.5 Å². The number of benzene rings is 3. The van der Waals surface area contributed by atoms with E-state index in [2.05, 4.69) is 5.32 Å². The predicted octanol–water partition coefficient (Wildman–Crippen LogP) is 2.78. The van der Waals surface area contributed by atoms with Crippen molar-refractivity contribution in [3.63, 3.8) is 0 Å². The topological polar surface area (TPSA) is 141 Å². The Morgan fingerprint density at radius 1 is 0.808 bits per heavy atom. The van der Waals surface area contributed by atoms with Gasteiger partial charge in [0.25, 0.3) is 20.2 Å². The van der Waals surface area contributed by atoms with Crippen molar-refractivity contribution in [2.24, 2.45) is 0 Å². The summed E-state index contributed by atoms with van der Waals surface area (Å²) in [6.45, 7) is 0. The Labute approximate surface area is 149 Å². The predicted molar refractivity (Wildman–Crippen MR) is 95.0 cm³/mol. The number of hydrogen-bond donors (Lipinski definition) is 4. The number of nitrogens with one attached hydrogen (secondary N) is 1. The molecular weight excluding hydrogens is 382 g/mol. The summed E-state index contributed by atoms with van der Waals surface area (Å²) >= 11 is 0. The molecule has 0 aromatic heterocycles. The summed E-state index contributed by atoms with van der Waals surface area (Å²) in [5.41, 5.74) is 0.520. The standard InChI is InChI=1S/C16H13NO7S2/c18-15-9-12(25(19,20)21)7-10-5-6-11(8-13(10)15)17-14-3-1-2-4-16(14)26(22,23)24/h1-9,17-18H,(H,19,20,21)(H,22,23,24). The number of phenolic OH excluding ortho intramolecular Hbond substituents is 1. The van der Waals surface area contributed by atoms with Gasteiger partial charge in [-0.2, -0.15) is 16.8 Å². The second-order valence-electron chi connectivity index (χ2n) is 5.45. The molecule has 0 amide bonds. The smallest absolute Gasteiger partial charge is 0.296 e. The van der Waals surface area contributed by atoms with Gasteiger partial charge in [0.2, 0.25) is 0 Å². The Morgan fingerprint density at radius 3 is 2.15 bits per heavy atom. The highest BCUT2D eigenvalue weighted by Crippen LogP contribution is 2.32. The maximum atomic E-state index is 11.4. The number of phenols is 1. The molecule has 8 nitrogen and oxygen atoms in total. The van der Waals surface area contributed by atoms with Crippen LogP contribution in [0.4, 0.5) is 11.4 Å². The van der Waals surface area contributed by atoms with Crippen molar-refractivity contribution in [2.75, 3.05) is 5.32 Å². The van der Waals surface area contributed by atoms with Gasteiger partial charge < -0.3 is 10.4 Å². The van der Waals surface area contributed by atoms with Gasteiger partial charge in [0.1, 0.15) is 10.6 Å². The fourth-order valence-corrected chi connectivity index (χ4v) is 3.67. The van der Waals surface area contributed by atoms with Crippen LogP contribution >= 0.6 is 0 Å². The van der Waals surface area contributed by atoms with Crippen LogP contribution in [0.2, 0.25) is 0 Å². The molecule has 3 rings (SSSR count). The first-order valence-corrected chi connectivity index (χ1v) is 10.0. The van der Waals surface area contributed by atoms with Crippen molar-refractivity contribution in [2.45, 2.75) is 9.79 Å². The third-order valence-corrected chi connectivity index (χ3v) is 5.39. The van der Waals surface area contributed by atoms with Crippen LogP contribution in [0.25, 0.3) is 10.8 Å². The van der Waals surface area contributed by atoms with Crippen LogP contribution in [-0.2, 0) is 20.2 Å². The fourth-order valence-electron chi connectivity index (χ4n) is 2.49. The van der Waals surface area contributed by atoms with Crippen LogP contribution in [0.15, 0.2) is 64.4 Å². The van der Waals surface area contributed by atoms with Gasteiger partial charge in [0.15, 0.2) is 0 Å². The average Bonchev–Trinajstić information content (AvgIpc) is 2.54. The third-order valence-electron chi connectivity index (χ3n) is 3.65. The summed E-state index contributed by atoms with van der Waals surface area (Å²) in [5, 5.41) is 13.5. The first kappa shape index (κ1) is 18.1. The lowest BCUT2D eigenvalue weighted by Gasteiger charge is -2.12. The molecule has 4 N–H and O–H groups in total. The number of anilines is 2. The lowest BCUT2D eigenvalue weighted by atomic mass is 10.1. The molecule has 136 valence electrons. The second-order valence-corrected chi connectivity index (χ2v) is 8.26. The molecule has 3 aromatic carbocycles. The molecule has 0 saturated carbocycles. The van der Waals surface area contributed by atoms with Crippen LogP contribution in [0.5, 0.6) is 5.75 Å². The Balaban J connectivity index is 2.08. The number of para-hydroxylation sites is 1. The summed E-state index contributed by atoms with van der Waals surface area (Å²) in [6, 6.07) is 12.3. The van der Waals surface area contributed by atoms with Gasteiger partial charge in [0, 0.05) is 17.1 Å². The molecule has 0 atom stereocenters. The molecular formula is C16H13NO7S2. The van der Waals surface area contributed by atoms with Gasteiger partial charge in [-0.05, 0) is 35.7 Å². The molecule has 0 unspecified atom stereocenters. The molecule has 26 heavy (non-hydrogen) atoms. The molecule has 0 heterocycles. The van der Waals surface area contributed by atoms with Gasteiger partial charge in [-0.1, -0.05) is 18.2 Å². The monoisotopic (exact) mass is 395 g/mol. The van der Waals surface area contributed by atoms with Crippen molar-refractivity contribution in [1.82, 2.24) is 0 Å². The van der Waals surface area contributed by atoms with Gasteiger partial charge in [-0.25, -0.2) is 0 Å². The van der Waals surface area contributed by atoms with Crippen LogP contribution in [0.3, 0.4) is 0 Å². The molecule has 0 aliphatic heterocycles. The molecule has 0 bridgehead atoms. The van der Waals surface area contributed by atoms with E-state index in [1.165, 1.54) is 42.5 Å². The van der Waals surface area contributed by atoms with Gasteiger partial charge >= 0.3 is 0 Å². The summed E-state index contributed by atoms with van der Waals surface area (Å²) in [4.78, 5) is -0.758. The zero-order valence-corrected chi connectivity index (χ0v) is 14.6. The molecule has 0 radical (unpaired) electrons. The van der Waals surface area contributed by atoms with E-state index in [-0.39, 0.29) is 21.7 Å². The number of fused-ring (bicyclic) bond motifs is 1. The van der Waals surface area contributed by atoms with Crippen LogP contribution in [0.1, 0.15) is 0 Å². The Hall–Kier alpha value is -2.66. The first-order valence-electron chi connectivity index (χ1n) is 7.13. The molecule has 0 saturated heterocycles. The normalized spacial score (nSPS) is 12.2. The van der Waals surface area contributed by atoms with E-state index in [1.54, 1.807) is 6.07 Å². The Bertz CT molecular complexity index is 1220. The number of aromatic hydroxyl groups is 1. The SMILES string of the molecule is O=S(=O)(O)c1cc(O)c2cc(Nc3ccccc3S(=O)(=O)O)ccc2c1. The lowest BCUT2D eigenvalue weighted by molar-refractivity contribution is 0.471. The molecule has 0 aliphatic carbocycles. The van der Waals surface area contributed by atoms with E-state index in [4.69, 9.17) is 4.55 Å². The van der Waals surface area contributed by atoms with E-state index >= 15 is 0 Å². The third kappa shape index (κ3) is 3.63. The zero-order valence-electron chi connectivity index (χ0n) is 13.0. The summed E-state index contributed by atoms with van der Waals surface area (Å²) in [6.07, 6.45) is 0. The highest BCUT2D eigenvalue weighted by molar-refractivity contribution is 7.86. The molecule has 10 heteroatoms. The number of hydrogen-bond acceptors (Lipinski definition) is 6. The number of rotatable bonds is 4. The largest absolute Gasteiger partial charge is 0.507 e. The second kappa shape index (κ2) is 6.25. The van der Waals surface area contributed by atoms with Crippen molar-refractivity contribution < 1.29 is 31.0 Å². The first-order chi connectivity index (χ1) is 12.1. The highest BCUT2D eigenvalue weighted by Gasteiger charge is 2.16. The Morgan fingerprint density at radius 2 is 1.50 bits per heavy atom. The fraction of sp³-hybridized carbons (Fsp3) is 0. The van der Waals surface area contributed by atoms with E-state index in [0.717, 1.165) is 6.07 Å². The van der Waals surface area contributed by atoms with Gasteiger partial charge in [-0.15, -0.1) is 0 Å². The average molecular weight is 395 g/mol. The lowest BCUT2D eigenvalue weighted by Crippen LogP contribution is -2.03. The minimum Gasteiger partial charge on any atom is -0.507 e. The van der Waals surface area contributed by atoms with Crippen molar-refractivity contribution in [3.8, 4) is 5.75 Å². The summed E-state index contributed by atoms with van der Waals surface area (Å²) < 4.78 is 63.7. The highest BCUT2D eigenvalue weighted by atomic mass is 32.2. The van der Waals surface area contributed by atoms with E-state index in [0.29, 0.717) is 11.1 Å². The Kier molecular flexibility index (Phi) is 4.36. The maximum absolute atomic E-state index is 11.4.